The average Bonchev–Trinajstić information content (AvgIpc) is 3.18. The quantitative estimate of drug-likeness (QED) is 0.512. The number of nitrogens with zero attached hydrogens (tertiary/aromatic N) is 1. The van der Waals surface area contributed by atoms with Crippen LogP contribution in [0.5, 0.6) is 0 Å². The Kier molecular flexibility index (Phi) is 10.4. The maximum absolute atomic E-state index is 13.2. The molecule has 0 aliphatic carbocycles. The first-order valence-corrected chi connectivity index (χ1v) is 12.9. The van der Waals surface area contributed by atoms with Gasteiger partial charge in [-0.3, -0.25) is 4.79 Å². The fraction of sp³-hybridized carbons (Fsp3) is 0.630. The van der Waals surface area contributed by atoms with E-state index in [4.69, 9.17) is 4.74 Å². The molecule has 2 heterocycles. The number of aromatic nitrogens is 1. The maximum Gasteiger partial charge on any atom is 0.157 e. The number of carbonyl (C=O) groups excluding carboxylic acids is 1. The first-order chi connectivity index (χ1) is 15.8. The molecule has 0 fully saturated rings. The Labute approximate surface area is 208 Å². The lowest BCUT2D eigenvalue weighted by Gasteiger charge is -2.35. The summed E-state index contributed by atoms with van der Waals surface area (Å²) in [6.45, 7) is 12.8. The number of aliphatic hydroxyl groups is 3. The minimum atomic E-state index is -1.26. The van der Waals surface area contributed by atoms with E-state index in [0.717, 1.165) is 21.8 Å². The van der Waals surface area contributed by atoms with Gasteiger partial charge < -0.3 is 20.1 Å². The van der Waals surface area contributed by atoms with Gasteiger partial charge in [-0.15, -0.1) is 11.3 Å². The van der Waals surface area contributed by atoms with E-state index >= 15 is 0 Å². The Bertz CT molecular complexity index is 916. The number of hydrogen-bond acceptors (Lipinski definition) is 7. The third-order valence-electron chi connectivity index (χ3n) is 6.76. The van der Waals surface area contributed by atoms with Gasteiger partial charge in [-0.05, 0) is 45.3 Å². The summed E-state index contributed by atoms with van der Waals surface area (Å²) in [6, 6.07) is 0. The molecule has 34 heavy (non-hydrogen) atoms. The molecule has 1 aromatic heterocycles. The van der Waals surface area contributed by atoms with Crippen LogP contribution in [0.2, 0.25) is 0 Å². The molecule has 3 N–H and O–H groups in total. The highest BCUT2D eigenvalue weighted by Crippen LogP contribution is 2.32. The zero-order valence-corrected chi connectivity index (χ0v) is 22.3. The highest BCUT2D eigenvalue weighted by molar-refractivity contribution is 7.09. The molecule has 6 nitrogen and oxygen atoms in total. The van der Waals surface area contributed by atoms with Crippen molar-refractivity contribution < 1.29 is 24.9 Å². The van der Waals surface area contributed by atoms with Gasteiger partial charge in [0, 0.05) is 29.1 Å². The lowest BCUT2D eigenvalue weighted by atomic mass is 9.73. The third kappa shape index (κ3) is 7.68. The SMILES string of the molecule is CC1=CC[C@@H](C(C)=Cc2csc(C)n2)O[C@@H](O)CC(O)C(C)(C)C(=O)[C@H](C)[C@@H](O)[C@@H](C)C=CC1. The molecule has 2 rings (SSSR count). The van der Waals surface area contributed by atoms with Crippen molar-refractivity contribution in [3.8, 4) is 0 Å². The average molecular weight is 492 g/mol. The van der Waals surface area contributed by atoms with Crippen LogP contribution in [-0.2, 0) is 9.53 Å². The van der Waals surface area contributed by atoms with Crippen LogP contribution in [0, 0.1) is 24.2 Å². The summed E-state index contributed by atoms with van der Waals surface area (Å²) in [5, 5.41) is 35.3. The molecule has 7 heteroatoms. The number of aryl methyl sites for hydroxylation is 1. The van der Waals surface area contributed by atoms with E-state index in [9.17, 15) is 20.1 Å². The van der Waals surface area contributed by atoms with Gasteiger partial charge in [-0.1, -0.05) is 51.5 Å². The Morgan fingerprint density at radius 2 is 1.91 bits per heavy atom. The second kappa shape index (κ2) is 12.4. The number of hydrogen-bond donors (Lipinski definition) is 3. The number of rotatable bonds is 2. The van der Waals surface area contributed by atoms with Crippen molar-refractivity contribution in [2.75, 3.05) is 0 Å². The molecular weight excluding hydrogens is 450 g/mol. The third-order valence-corrected chi connectivity index (χ3v) is 7.55. The number of Topliss-reactive ketones (excluding diaryl/α,β-unsaturated/α-hetero) is 1. The highest BCUT2D eigenvalue weighted by atomic mass is 32.1. The van der Waals surface area contributed by atoms with Crippen LogP contribution in [0.25, 0.3) is 6.08 Å². The molecule has 0 amide bonds. The minimum absolute atomic E-state index is 0.112. The fourth-order valence-electron chi connectivity index (χ4n) is 4.19. The molecule has 1 aromatic rings. The summed E-state index contributed by atoms with van der Waals surface area (Å²) in [5.74, 6) is -1.11. The first kappa shape index (κ1) is 28.6. The van der Waals surface area contributed by atoms with E-state index in [1.807, 2.05) is 51.3 Å². The number of ether oxygens (including phenoxy) is 1. The first-order valence-electron chi connectivity index (χ1n) is 12.0. The Balaban J connectivity index is 2.36. The largest absolute Gasteiger partial charge is 0.392 e. The Morgan fingerprint density at radius 3 is 2.53 bits per heavy atom. The van der Waals surface area contributed by atoms with Crippen molar-refractivity contribution in [2.24, 2.45) is 17.3 Å². The van der Waals surface area contributed by atoms with Crippen molar-refractivity contribution in [1.29, 1.82) is 0 Å². The van der Waals surface area contributed by atoms with Gasteiger partial charge in [-0.2, -0.15) is 0 Å². The lowest BCUT2D eigenvalue weighted by molar-refractivity contribution is -0.160. The summed E-state index contributed by atoms with van der Waals surface area (Å²) in [5.41, 5.74) is 1.75. The van der Waals surface area contributed by atoms with Crippen LogP contribution in [0.15, 0.2) is 34.8 Å². The van der Waals surface area contributed by atoms with Gasteiger partial charge >= 0.3 is 0 Å². The van der Waals surface area contributed by atoms with E-state index in [2.05, 4.69) is 11.1 Å². The van der Waals surface area contributed by atoms with Crippen molar-refractivity contribution in [2.45, 2.75) is 92.3 Å². The normalized spacial score (nSPS) is 32.5. The molecule has 6 atom stereocenters. The predicted molar refractivity (Wildman–Crippen MR) is 137 cm³/mol. The number of ketones is 1. The zero-order valence-electron chi connectivity index (χ0n) is 21.5. The fourth-order valence-corrected chi connectivity index (χ4v) is 4.76. The van der Waals surface area contributed by atoms with Crippen molar-refractivity contribution in [3.63, 3.8) is 0 Å². The minimum Gasteiger partial charge on any atom is -0.392 e. The number of aliphatic hydroxyl groups excluding tert-OH is 3. The van der Waals surface area contributed by atoms with Gasteiger partial charge in [0.1, 0.15) is 5.78 Å². The van der Waals surface area contributed by atoms with Crippen LogP contribution in [0.1, 0.15) is 71.5 Å². The molecule has 1 unspecified atom stereocenters. The summed E-state index contributed by atoms with van der Waals surface area (Å²) in [7, 11) is 0. The Hall–Kier alpha value is -1.64. The molecule has 0 aromatic carbocycles. The van der Waals surface area contributed by atoms with E-state index in [0.29, 0.717) is 12.8 Å². The molecule has 0 bridgehead atoms. The smallest absolute Gasteiger partial charge is 0.157 e. The summed E-state index contributed by atoms with van der Waals surface area (Å²) in [6.07, 6.45) is 5.49. The number of thiazole rings is 1. The number of allylic oxidation sites excluding steroid dienone is 2. The van der Waals surface area contributed by atoms with Crippen molar-refractivity contribution in [3.05, 3.63) is 45.5 Å². The monoisotopic (exact) mass is 491 g/mol. The van der Waals surface area contributed by atoms with Gasteiger partial charge in [-0.25, -0.2) is 4.98 Å². The summed E-state index contributed by atoms with van der Waals surface area (Å²) < 4.78 is 5.98. The molecule has 0 saturated carbocycles. The van der Waals surface area contributed by atoms with Gasteiger partial charge in [0.2, 0.25) is 0 Å². The van der Waals surface area contributed by atoms with Gasteiger partial charge in [0.25, 0.3) is 0 Å². The van der Waals surface area contributed by atoms with Crippen molar-refractivity contribution in [1.82, 2.24) is 4.98 Å². The second-order valence-electron chi connectivity index (χ2n) is 10.2. The standard InChI is InChI=1S/C27H41NO5S/c1-16-9-8-10-17(2)25(31)19(4)26(32)27(6,7)23(29)14-24(30)33-22(12-11-16)18(3)13-21-15-34-20(5)28-21/h8,10-11,13,15,17,19,22-25,29-31H,9,12,14H2,1-7H3/t17-,19+,22-,23?,24+,25-/m0/s1. The Morgan fingerprint density at radius 1 is 1.24 bits per heavy atom. The van der Waals surface area contributed by atoms with Crippen LogP contribution in [-0.4, -0.2) is 50.7 Å². The molecule has 1 aliphatic heterocycles. The van der Waals surface area contributed by atoms with Crippen LogP contribution in [0.3, 0.4) is 0 Å². The summed E-state index contributed by atoms with van der Waals surface area (Å²) >= 11 is 1.57. The van der Waals surface area contributed by atoms with Gasteiger partial charge in [0.05, 0.1) is 29.0 Å². The predicted octanol–water partition coefficient (Wildman–Crippen LogP) is 4.83. The highest BCUT2D eigenvalue weighted by Gasteiger charge is 2.42. The number of carbonyl (C=O) groups is 1. The van der Waals surface area contributed by atoms with E-state index in [-0.39, 0.29) is 18.1 Å². The molecule has 0 spiro atoms. The van der Waals surface area contributed by atoms with Crippen molar-refractivity contribution >= 4 is 23.2 Å². The van der Waals surface area contributed by atoms with Crippen LogP contribution >= 0.6 is 11.3 Å². The molecule has 0 radical (unpaired) electrons. The maximum atomic E-state index is 13.2. The zero-order chi connectivity index (χ0) is 25.6. The van der Waals surface area contributed by atoms with Gasteiger partial charge in [0.15, 0.2) is 6.29 Å². The van der Waals surface area contributed by atoms with Crippen LogP contribution < -0.4 is 0 Å². The van der Waals surface area contributed by atoms with E-state index < -0.39 is 35.9 Å². The second-order valence-corrected chi connectivity index (χ2v) is 11.2. The molecular formula is C27H41NO5S. The summed E-state index contributed by atoms with van der Waals surface area (Å²) in [4.78, 5) is 17.7. The molecule has 1 aliphatic rings. The van der Waals surface area contributed by atoms with Crippen LogP contribution in [0.4, 0.5) is 0 Å². The van der Waals surface area contributed by atoms with E-state index in [1.165, 1.54) is 0 Å². The molecule has 190 valence electrons. The molecule has 0 saturated heterocycles. The topological polar surface area (TPSA) is 99.9 Å². The lowest BCUT2D eigenvalue weighted by Crippen LogP contribution is -2.46. The van der Waals surface area contributed by atoms with E-state index in [1.54, 1.807) is 32.1 Å².